The summed E-state index contributed by atoms with van der Waals surface area (Å²) in [6.45, 7) is 3.95. The Morgan fingerprint density at radius 2 is 0.885 bits per heavy atom. The number of hydrogen-bond donors (Lipinski definition) is 0. The van der Waals surface area contributed by atoms with Crippen LogP contribution >= 0.6 is 0 Å². The summed E-state index contributed by atoms with van der Waals surface area (Å²) in [4.78, 5) is 0. The molecule has 0 saturated carbocycles. The SMILES string of the molecule is Cc1ccc(C#Cc2cc(F)c(C#Cc3ccc(C)cc3)cc2F)cc1. The molecule has 0 radical (unpaired) electrons. The molecule has 3 aromatic carbocycles. The van der Waals surface area contributed by atoms with Crippen molar-refractivity contribution in [1.29, 1.82) is 0 Å². The van der Waals surface area contributed by atoms with Crippen molar-refractivity contribution in [1.82, 2.24) is 0 Å². The summed E-state index contributed by atoms with van der Waals surface area (Å²) in [6.07, 6.45) is 0. The quantitative estimate of drug-likeness (QED) is 0.481. The lowest BCUT2D eigenvalue weighted by molar-refractivity contribution is 0.594. The first-order chi connectivity index (χ1) is 12.5. The van der Waals surface area contributed by atoms with Crippen LogP contribution in [-0.2, 0) is 0 Å². The van der Waals surface area contributed by atoms with Gasteiger partial charge < -0.3 is 0 Å². The molecule has 0 nitrogen and oxygen atoms in total. The van der Waals surface area contributed by atoms with Crippen molar-refractivity contribution in [2.75, 3.05) is 0 Å². The molecule has 0 spiro atoms. The molecule has 126 valence electrons. The highest BCUT2D eigenvalue weighted by Gasteiger charge is 2.07. The van der Waals surface area contributed by atoms with Gasteiger partial charge in [-0.1, -0.05) is 59.1 Å². The maximum absolute atomic E-state index is 14.2. The van der Waals surface area contributed by atoms with Gasteiger partial charge in [0, 0.05) is 11.1 Å². The van der Waals surface area contributed by atoms with Crippen molar-refractivity contribution >= 4 is 0 Å². The van der Waals surface area contributed by atoms with E-state index in [4.69, 9.17) is 0 Å². The van der Waals surface area contributed by atoms with Crippen LogP contribution in [0.5, 0.6) is 0 Å². The molecule has 0 aliphatic rings. The summed E-state index contributed by atoms with van der Waals surface area (Å²) in [5, 5.41) is 0. The highest BCUT2D eigenvalue weighted by Crippen LogP contribution is 2.14. The molecule has 0 amide bonds. The van der Waals surface area contributed by atoms with E-state index in [0.717, 1.165) is 34.4 Å². The number of halogens is 2. The number of hydrogen-bond acceptors (Lipinski definition) is 0. The standard InChI is InChI=1S/C24H16F2/c1-17-3-7-19(8-4-17)11-13-21-15-24(26)22(16-23(21)25)14-12-20-9-5-18(2)6-10-20/h3-10,15-16H,1-2H3. The first kappa shape index (κ1) is 17.5. The molecule has 0 aliphatic heterocycles. The molecule has 2 heteroatoms. The molecule has 0 unspecified atom stereocenters. The van der Waals surface area contributed by atoms with Gasteiger partial charge in [0.1, 0.15) is 11.6 Å². The second kappa shape index (κ2) is 7.68. The lowest BCUT2D eigenvalue weighted by Gasteiger charge is -1.99. The van der Waals surface area contributed by atoms with Crippen LogP contribution in [-0.4, -0.2) is 0 Å². The van der Waals surface area contributed by atoms with Gasteiger partial charge in [-0.15, -0.1) is 0 Å². The molecule has 0 bridgehead atoms. The minimum absolute atomic E-state index is 0.0176. The molecule has 0 atom stereocenters. The zero-order valence-corrected chi connectivity index (χ0v) is 14.5. The zero-order valence-electron chi connectivity index (χ0n) is 14.5. The fourth-order valence-corrected chi connectivity index (χ4v) is 2.29. The fraction of sp³-hybridized carbons (Fsp3) is 0.0833. The predicted octanol–water partition coefficient (Wildman–Crippen LogP) is 5.38. The molecule has 0 saturated heterocycles. The second-order valence-electron chi connectivity index (χ2n) is 6.04. The van der Waals surface area contributed by atoms with Gasteiger partial charge in [-0.3, -0.25) is 0 Å². The van der Waals surface area contributed by atoms with Crippen LogP contribution in [0, 0.1) is 49.2 Å². The van der Waals surface area contributed by atoms with Gasteiger partial charge in [0.2, 0.25) is 0 Å². The van der Waals surface area contributed by atoms with E-state index in [0.29, 0.717) is 0 Å². The maximum Gasteiger partial charge on any atom is 0.140 e. The first-order valence-corrected chi connectivity index (χ1v) is 8.18. The van der Waals surface area contributed by atoms with E-state index in [9.17, 15) is 8.78 Å². The molecule has 0 heterocycles. The molecule has 3 rings (SSSR count). The van der Waals surface area contributed by atoms with Crippen LogP contribution in [0.25, 0.3) is 0 Å². The summed E-state index contributed by atoms with van der Waals surface area (Å²) in [6, 6.07) is 17.3. The van der Waals surface area contributed by atoms with Crippen molar-refractivity contribution in [3.8, 4) is 23.7 Å². The summed E-state index contributed by atoms with van der Waals surface area (Å²) >= 11 is 0. The van der Waals surface area contributed by atoms with Gasteiger partial charge in [-0.2, -0.15) is 0 Å². The van der Waals surface area contributed by atoms with Crippen LogP contribution in [0.1, 0.15) is 33.4 Å². The minimum atomic E-state index is -0.584. The Morgan fingerprint density at radius 3 is 1.23 bits per heavy atom. The van der Waals surface area contributed by atoms with Gasteiger partial charge in [-0.05, 0) is 50.2 Å². The monoisotopic (exact) mass is 342 g/mol. The Hall–Kier alpha value is -3.36. The van der Waals surface area contributed by atoms with Crippen molar-refractivity contribution in [3.63, 3.8) is 0 Å². The molecule has 26 heavy (non-hydrogen) atoms. The Labute approximate surface area is 152 Å². The molecule has 0 N–H and O–H groups in total. The summed E-state index contributed by atoms with van der Waals surface area (Å²) in [5.41, 5.74) is 3.76. The minimum Gasteiger partial charge on any atom is -0.206 e. The molecule has 0 fully saturated rings. The van der Waals surface area contributed by atoms with Crippen molar-refractivity contribution in [2.24, 2.45) is 0 Å². The third-order valence-electron chi connectivity index (χ3n) is 3.84. The zero-order chi connectivity index (χ0) is 18.5. The van der Waals surface area contributed by atoms with Gasteiger partial charge in [0.05, 0.1) is 11.1 Å². The molecule has 0 aliphatic carbocycles. The first-order valence-electron chi connectivity index (χ1n) is 8.18. The smallest absolute Gasteiger partial charge is 0.140 e. The van der Waals surface area contributed by atoms with Crippen LogP contribution in [0.15, 0.2) is 60.7 Å². The third kappa shape index (κ3) is 4.38. The van der Waals surface area contributed by atoms with E-state index in [1.807, 2.05) is 62.4 Å². The van der Waals surface area contributed by atoms with E-state index in [-0.39, 0.29) is 11.1 Å². The average Bonchev–Trinajstić information content (AvgIpc) is 2.63. The molecular weight excluding hydrogens is 326 g/mol. The van der Waals surface area contributed by atoms with E-state index in [1.165, 1.54) is 0 Å². The van der Waals surface area contributed by atoms with Crippen LogP contribution in [0.2, 0.25) is 0 Å². The number of benzene rings is 3. The van der Waals surface area contributed by atoms with E-state index in [2.05, 4.69) is 23.7 Å². The fourth-order valence-electron chi connectivity index (χ4n) is 2.29. The van der Waals surface area contributed by atoms with Gasteiger partial charge in [-0.25, -0.2) is 8.78 Å². The maximum atomic E-state index is 14.2. The Morgan fingerprint density at radius 1 is 0.538 bits per heavy atom. The Balaban J connectivity index is 1.87. The van der Waals surface area contributed by atoms with Gasteiger partial charge >= 0.3 is 0 Å². The van der Waals surface area contributed by atoms with E-state index >= 15 is 0 Å². The molecule has 3 aromatic rings. The molecular formula is C24H16F2. The Kier molecular flexibility index (Phi) is 5.16. The number of aryl methyl sites for hydroxylation is 2. The lowest BCUT2D eigenvalue weighted by Crippen LogP contribution is -1.92. The summed E-state index contributed by atoms with van der Waals surface area (Å²) in [5.74, 6) is 9.89. The van der Waals surface area contributed by atoms with Crippen molar-refractivity contribution in [2.45, 2.75) is 13.8 Å². The predicted molar refractivity (Wildman–Crippen MR) is 101 cm³/mol. The normalized spacial score (nSPS) is 9.69. The second-order valence-corrected chi connectivity index (χ2v) is 6.04. The van der Waals surface area contributed by atoms with Gasteiger partial charge in [0.25, 0.3) is 0 Å². The number of rotatable bonds is 0. The van der Waals surface area contributed by atoms with E-state index < -0.39 is 11.6 Å². The lowest BCUT2D eigenvalue weighted by atomic mass is 10.1. The van der Waals surface area contributed by atoms with Gasteiger partial charge in [0.15, 0.2) is 0 Å². The topological polar surface area (TPSA) is 0 Å². The Bertz CT molecular complexity index is 963. The van der Waals surface area contributed by atoms with Crippen LogP contribution < -0.4 is 0 Å². The van der Waals surface area contributed by atoms with Crippen molar-refractivity contribution < 1.29 is 8.78 Å². The highest BCUT2D eigenvalue weighted by molar-refractivity contribution is 5.49. The third-order valence-corrected chi connectivity index (χ3v) is 3.84. The largest absolute Gasteiger partial charge is 0.206 e. The molecule has 0 aromatic heterocycles. The highest BCUT2D eigenvalue weighted by atomic mass is 19.1. The summed E-state index contributed by atoms with van der Waals surface area (Å²) < 4.78 is 28.5. The van der Waals surface area contributed by atoms with Crippen LogP contribution in [0.3, 0.4) is 0 Å². The average molecular weight is 342 g/mol. The summed E-state index contributed by atoms with van der Waals surface area (Å²) in [7, 11) is 0. The van der Waals surface area contributed by atoms with Crippen LogP contribution in [0.4, 0.5) is 8.78 Å². The van der Waals surface area contributed by atoms with E-state index in [1.54, 1.807) is 0 Å². The van der Waals surface area contributed by atoms with Crippen molar-refractivity contribution in [3.05, 3.63) is 106 Å².